The molecule has 0 saturated carbocycles. The van der Waals surface area contributed by atoms with Gasteiger partial charge < -0.3 is 14.6 Å². The maximum atomic E-state index is 10.5. The lowest BCUT2D eigenvalue weighted by atomic mass is 9.91. The van der Waals surface area contributed by atoms with Crippen molar-refractivity contribution in [2.24, 2.45) is 0 Å². The molecular formula is C10H14O4. The Bertz CT molecular complexity index is 257. The quantitative estimate of drug-likeness (QED) is 0.542. The normalized spacial score (nSPS) is 40.9. The van der Waals surface area contributed by atoms with Crippen LogP contribution in [0.4, 0.5) is 0 Å². The van der Waals surface area contributed by atoms with Crippen molar-refractivity contribution >= 4 is 5.97 Å². The van der Waals surface area contributed by atoms with Crippen molar-refractivity contribution in [1.82, 2.24) is 0 Å². The number of rotatable bonds is 3. The van der Waals surface area contributed by atoms with Gasteiger partial charge in [0.15, 0.2) is 0 Å². The zero-order chi connectivity index (χ0) is 10.2. The van der Waals surface area contributed by atoms with E-state index in [1.54, 1.807) is 6.08 Å². The fraction of sp³-hybridized carbons (Fsp3) is 0.700. The average molecular weight is 198 g/mol. The minimum Gasteiger partial charge on any atom is -0.481 e. The van der Waals surface area contributed by atoms with Crippen LogP contribution in [0.2, 0.25) is 0 Å². The molecule has 14 heavy (non-hydrogen) atoms. The van der Waals surface area contributed by atoms with E-state index >= 15 is 0 Å². The van der Waals surface area contributed by atoms with Crippen LogP contribution in [0.15, 0.2) is 12.7 Å². The highest BCUT2D eigenvalue weighted by molar-refractivity contribution is 5.67. The number of carboxylic acids is 1. The second-order valence-corrected chi connectivity index (χ2v) is 4.01. The monoisotopic (exact) mass is 198 g/mol. The Hall–Kier alpha value is -0.870. The zero-order valence-electron chi connectivity index (χ0n) is 7.94. The standard InChI is InChI=1S/C10H14O4/c1-2-7-4-10(6-13-10)5-8(14-7)3-9(11)12/h2,7-8H,1,3-6H2,(H,11,12)/t7-,8-,10-/m1/s1. The van der Waals surface area contributed by atoms with Crippen molar-refractivity contribution in [1.29, 1.82) is 0 Å². The van der Waals surface area contributed by atoms with Crippen LogP contribution in [0.3, 0.4) is 0 Å². The molecule has 4 nitrogen and oxygen atoms in total. The summed E-state index contributed by atoms with van der Waals surface area (Å²) in [6.45, 7) is 4.40. The second kappa shape index (κ2) is 3.37. The molecule has 0 amide bonds. The van der Waals surface area contributed by atoms with E-state index in [4.69, 9.17) is 14.6 Å². The Morgan fingerprint density at radius 2 is 2.36 bits per heavy atom. The van der Waals surface area contributed by atoms with Crippen LogP contribution in [-0.2, 0) is 14.3 Å². The Balaban J connectivity index is 1.97. The molecule has 0 aromatic rings. The molecule has 0 radical (unpaired) electrons. The summed E-state index contributed by atoms with van der Waals surface area (Å²) in [5, 5.41) is 8.67. The van der Waals surface area contributed by atoms with E-state index in [0.29, 0.717) is 6.42 Å². The maximum absolute atomic E-state index is 10.5. The molecule has 0 aliphatic carbocycles. The van der Waals surface area contributed by atoms with Crippen molar-refractivity contribution in [2.75, 3.05) is 6.61 Å². The lowest BCUT2D eigenvalue weighted by molar-refractivity contribution is -0.143. The van der Waals surface area contributed by atoms with Crippen LogP contribution in [0, 0.1) is 0 Å². The first-order chi connectivity index (χ1) is 6.63. The summed E-state index contributed by atoms with van der Waals surface area (Å²) in [5.74, 6) is -0.824. The van der Waals surface area contributed by atoms with Crippen LogP contribution in [0.5, 0.6) is 0 Å². The molecule has 4 heteroatoms. The molecule has 2 fully saturated rings. The largest absolute Gasteiger partial charge is 0.481 e. The van der Waals surface area contributed by atoms with Crippen LogP contribution >= 0.6 is 0 Å². The van der Waals surface area contributed by atoms with Crippen molar-refractivity contribution < 1.29 is 19.4 Å². The number of carboxylic acid groups (broad SMARTS) is 1. The number of carbonyl (C=O) groups is 1. The summed E-state index contributed by atoms with van der Waals surface area (Å²) < 4.78 is 10.9. The van der Waals surface area contributed by atoms with E-state index in [-0.39, 0.29) is 24.2 Å². The Labute approximate surface area is 82.5 Å². The van der Waals surface area contributed by atoms with Gasteiger partial charge in [0, 0.05) is 12.8 Å². The van der Waals surface area contributed by atoms with Gasteiger partial charge in [-0.3, -0.25) is 4.79 Å². The number of hydrogen-bond donors (Lipinski definition) is 1. The average Bonchev–Trinajstić information content (AvgIpc) is 2.82. The lowest BCUT2D eigenvalue weighted by Gasteiger charge is -2.31. The fourth-order valence-electron chi connectivity index (χ4n) is 2.00. The molecule has 78 valence electrons. The first-order valence-corrected chi connectivity index (χ1v) is 4.77. The number of aliphatic carboxylic acids is 1. The third kappa shape index (κ3) is 1.96. The van der Waals surface area contributed by atoms with Gasteiger partial charge in [0.25, 0.3) is 0 Å². The third-order valence-electron chi connectivity index (χ3n) is 2.76. The minimum atomic E-state index is -0.824. The smallest absolute Gasteiger partial charge is 0.305 e. The van der Waals surface area contributed by atoms with Gasteiger partial charge in [-0.25, -0.2) is 0 Å². The lowest BCUT2D eigenvalue weighted by Crippen LogP contribution is -2.38. The molecular weight excluding hydrogens is 184 g/mol. The molecule has 2 aliphatic heterocycles. The summed E-state index contributed by atoms with van der Waals surface area (Å²) in [5.41, 5.74) is -0.1000. The van der Waals surface area contributed by atoms with E-state index in [1.807, 2.05) is 0 Å². The molecule has 0 aromatic heterocycles. The molecule has 0 unspecified atom stereocenters. The highest BCUT2D eigenvalue weighted by Gasteiger charge is 2.51. The van der Waals surface area contributed by atoms with Gasteiger partial charge >= 0.3 is 5.97 Å². The van der Waals surface area contributed by atoms with Gasteiger partial charge in [0.05, 0.1) is 30.8 Å². The molecule has 3 atom stereocenters. The Morgan fingerprint density at radius 3 is 2.86 bits per heavy atom. The summed E-state index contributed by atoms with van der Waals surface area (Å²) in [4.78, 5) is 10.5. The predicted octanol–water partition coefficient (Wildman–Crippen LogP) is 0.964. The minimum absolute atomic E-state index is 0.0510. The van der Waals surface area contributed by atoms with E-state index < -0.39 is 5.97 Å². The van der Waals surface area contributed by atoms with Gasteiger partial charge in [0.2, 0.25) is 0 Å². The second-order valence-electron chi connectivity index (χ2n) is 4.01. The first-order valence-electron chi connectivity index (χ1n) is 4.77. The molecule has 0 aromatic carbocycles. The van der Waals surface area contributed by atoms with Crippen molar-refractivity contribution in [2.45, 2.75) is 37.1 Å². The van der Waals surface area contributed by atoms with Crippen LogP contribution in [0.25, 0.3) is 0 Å². The van der Waals surface area contributed by atoms with Gasteiger partial charge in [-0.1, -0.05) is 6.08 Å². The Morgan fingerprint density at radius 1 is 1.64 bits per heavy atom. The Kier molecular flexibility index (Phi) is 2.33. The summed E-state index contributed by atoms with van der Waals surface area (Å²) in [7, 11) is 0. The molecule has 2 saturated heterocycles. The summed E-state index contributed by atoms with van der Waals surface area (Å²) in [6.07, 6.45) is 2.99. The van der Waals surface area contributed by atoms with Crippen LogP contribution in [-0.4, -0.2) is 35.5 Å². The predicted molar refractivity (Wildman–Crippen MR) is 49.0 cm³/mol. The number of hydrogen-bond acceptors (Lipinski definition) is 3. The van der Waals surface area contributed by atoms with Crippen LogP contribution in [0.1, 0.15) is 19.3 Å². The molecule has 1 spiro atoms. The van der Waals surface area contributed by atoms with Crippen molar-refractivity contribution in [3.8, 4) is 0 Å². The molecule has 2 rings (SSSR count). The van der Waals surface area contributed by atoms with E-state index in [9.17, 15) is 4.79 Å². The number of epoxide rings is 1. The van der Waals surface area contributed by atoms with Crippen LogP contribution < -0.4 is 0 Å². The summed E-state index contributed by atoms with van der Waals surface area (Å²) >= 11 is 0. The van der Waals surface area contributed by atoms with Gasteiger partial charge in [-0.2, -0.15) is 0 Å². The molecule has 2 aliphatic rings. The molecule has 1 N–H and O–H groups in total. The van der Waals surface area contributed by atoms with Crippen molar-refractivity contribution in [3.05, 3.63) is 12.7 Å². The highest BCUT2D eigenvalue weighted by Crippen LogP contribution is 2.42. The van der Waals surface area contributed by atoms with Gasteiger partial charge in [-0.05, 0) is 0 Å². The van der Waals surface area contributed by atoms with Crippen molar-refractivity contribution in [3.63, 3.8) is 0 Å². The third-order valence-corrected chi connectivity index (χ3v) is 2.76. The maximum Gasteiger partial charge on any atom is 0.305 e. The molecule has 0 bridgehead atoms. The first kappa shape index (κ1) is 9.68. The van der Waals surface area contributed by atoms with Gasteiger partial charge in [-0.15, -0.1) is 6.58 Å². The number of ether oxygens (including phenoxy) is 2. The SMILES string of the molecule is C=C[C@@H]1C[C@]2(CO2)C[C@@H](CC(=O)O)O1. The summed E-state index contributed by atoms with van der Waals surface area (Å²) in [6, 6.07) is 0. The van der Waals surface area contributed by atoms with E-state index in [0.717, 1.165) is 13.0 Å². The highest BCUT2D eigenvalue weighted by atomic mass is 16.6. The fourth-order valence-corrected chi connectivity index (χ4v) is 2.00. The van der Waals surface area contributed by atoms with E-state index in [1.165, 1.54) is 0 Å². The zero-order valence-corrected chi connectivity index (χ0v) is 7.94. The van der Waals surface area contributed by atoms with E-state index in [2.05, 4.69) is 6.58 Å². The topological polar surface area (TPSA) is 59.1 Å². The van der Waals surface area contributed by atoms with Gasteiger partial charge in [0.1, 0.15) is 0 Å². The molecule has 2 heterocycles.